The number of benzene rings is 2. The van der Waals surface area contributed by atoms with Gasteiger partial charge in [0.05, 0.1) is 23.6 Å². The van der Waals surface area contributed by atoms with E-state index in [1.165, 1.54) is 25.3 Å². The van der Waals surface area contributed by atoms with Gasteiger partial charge in [0.25, 0.3) is 5.91 Å². The summed E-state index contributed by atoms with van der Waals surface area (Å²) in [6, 6.07) is 12.8. The normalized spacial score (nSPS) is 10.7. The van der Waals surface area contributed by atoms with Crippen LogP contribution in [-0.2, 0) is 21.2 Å². The van der Waals surface area contributed by atoms with Crippen LogP contribution in [-0.4, -0.2) is 34.6 Å². The molecule has 0 heterocycles. The first-order valence-corrected chi connectivity index (χ1v) is 9.47. The molecule has 2 aromatic rings. The highest BCUT2D eigenvalue weighted by Gasteiger charge is 2.09. The van der Waals surface area contributed by atoms with Crippen molar-refractivity contribution in [1.29, 1.82) is 5.26 Å². The van der Waals surface area contributed by atoms with Crippen LogP contribution < -0.4 is 19.9 Å². The summed E-state index contributed by atoms with van der Waals surface area (Å²) in [5, 5.41) is 16.6. The molecule has 0 aromatic heterocycles. The minimum absolute atomic E-state index is 0.0417. The van der Waals surface area contributed by atoms with Gasteiger partial charge in [0.15, 0.2) is 18.1 Å². The summed E-state index contributed by atoms with van der Waals surface area (Å²) < 4.78 is 33.0. The van der Waals surface area contributed by atoms with Crippen molar-refractivity contribution < 1.29 is 22.7 Å². The molecule has 0 bridgehead atoms. The molecule has 1 amide bonds. The lowest BCUT2D eigenvalue weighted by molar-refractivity contribution is -0.123. The van der Waals surface area contributed by atoms with E-state index in [4.69, 9.17) is 19.9 Å². The monoisotopic (exact) mass is 389 g/mol. The SMILES string of the molecule is COc1cc(C#N)ccc1OCC(=O)NCCc1ccc(S(N)(=O)=O)cc1. The summed E-state index contributed by atoms with van der Waals surface area (Å²) in [5.41, 5.74) is 1.29. The number of nitrogens with two attached hydrogens (primary N) is 1. The van der Waals surface area contributed by atoms with E-state index in [1.807, 2.05) is 6.07 Å². The summed E-state index contributed by atoms with van der Waals surface area (Å²) in [6.07, 6.45) is 0.525. The van der Waals surface area contributed by atoms with Crippen molar-refractivity contribution in [3.8, 4) is 17.6 Å². The Bertz CT molecular complexity index is 950. The highest BCUT2D eigenvalue weighted by atomic mass is 32.2. The topological polar surface area (TPSA) is 132 Å². The molecule has 8 nitrogen and oxygen atoms in total. The molecule has 0 aliphatic heterocycles. The zero-order valence-electron chi connectivity index (χ0n) is 14.6. The predicted molar refractivity (Wildman–Crippen MR) is 97.7 cm³/mol. The fourth-order valence-corrected chi connectivity index (χ4v) is 2.76. The van der Waals surface area contributed by atoms with Gasteiger partial charge in [0, 0.05) is 12.6 Å². The largest absolute Gasteiger partial charge is 0.493 e. The van der Waals surface area contributed by atoms with Crippen molar-refractivity contribution in [3.05, 3.63) is 53.6 Å². The summed E-state index contributed by atoms with van der Waals surface area (Å²) in [7, 11) is -2.26. The number of hydrogen-bond donors (Lipinski definition) is 2. The molecule has 0 unspecified atom stereocenters. The van der Waals surface area contributed by atoms with Crippen LogP contribution in [0.5, 0.6) is 11.5 Å². The van der Waals surface area contributed by atoms with Crippen LogP contribution in [0.15, 0.2) is 47.4 Å². The quantitative estimate of drug-likeness (QED) is 0.691. The van der Waals surface area contributed by atoms with Gasteiger partial charge in [0.1, 0.15) is 0 Å². The highest BCUT2D eigenvalue weighted by molar-refractivity contribution is 7.89. The van der Waals surface area contributed by atoms with Gasteiger partial charge in [-0.2, -0.15) is 5.26 Å². The van der Waals surface area contributed by atoms with E-state index in [9.17, 15) is 13.2 Å². The first-order valence-electron chi connectivity index (χ1n) is 7.93. The van der Waals surface area contributed by atoms with E-state index in [2.05, 4.69) is 5.32 Å². The van der Waals surface area contributed by atoms with Crippen LogP contribution in [0.2, 0.25) is 0 Å². The van der Waals surface area contributed by atoms with Gasteiger partial charge in [0.2, 0.25) is 10.0 Å². The molecule has 0 saturated carbocycles. The molecule has 2 rings (SSSR count). The van der Waals surface area contributed by atoms with Crippen molar-refractivity contribution in [2.75, 3.05) is 20.3 Å². The Balaban J connectivity index is 1.81. The minimum Gasteiger partial charge on any atom is -0.493 e. The van der Waals surface area contributed by atoms with Crippen LogP contribution in [0.3, 0.4) is 0 Å². The number of rotatable bonds is 8. The van der Waals surface area contributed by atoms with Gasteiger partial charge in [-0.25, -0.2) is 13.6 Å². The third kappa shape index (κ3) is 5.99. The number of carbonyl (C=O) groups excluding carboxylic acids is 1. The maximum absolute atomic E-state index is 11.9. The van der Waals surface area contributed by atoms with Gasteiger partial charge >= 0.3 is 0 Å². The van der Waals surface area contributed by atoms with Crippen molar-refractivity contribution in [3.63, 3.8) is 0 Å². The van der Waals surface area contributed by atoms with E-state index in [0.717, 1.165) is 5.56 Å². The van der Waals surface area contributed by atoms with E-state index in [-0.39, 0.29) is 17.4 Å². The van der Waals surface area contributed by atoms with E-state index < -0.39 is 10.0 Å². The average molecular weight is 389 g/mol. The number of ether oxygens (including phenoxy) is 2. The first kappa shape index (κ1) is 20.2. The van der Waals surface area contributed by atoms with Gasteiger partial charge in [-0.15, -0.1) is 0 Å². The smallest absolute Gasteiger partial charge is 0.257 e. The second-order valence-electron chi connectivity index (χ2n) is 5.56. The highest BCUT2D eigenvalue weighted by Crippen LogP contribution is 2.27. The zero-order chi connectivity index (χ0) is 19.9. The molecule has 3 N–H and O–H groups in total. The first-order chi connectivity index (χ1) is 12.8. The Hall–Kier alpha value is -3.09. The van der Waals surface area contributed by atoms with Crippen LogP contribution in [0.25, 0.3) is 0 Å². The molecule has 0 aliphatic rings. The van der Waals surface area contributed by atoms with E-state index in [0.29, 0.717) is 30.0 Å². The van der Waals surface area contributed by atoms with Crippen LogP contribution >= 0.6 is 0 Å². The van der Waals surface area contributed by atoms with Crippen LogP contribution in [0.4, 0.5) is 0 Å². The number of hydrogen-bond acceptors (Lipinski definition) is 6. The lowest BCUT2D eigenvalue weighted by Crippen LogP contribution is -2.30. The number of nitrogens with one attached hydrogen (secondary N) is 1. The van der Waals surface area contributed by atoms with E-state index in [1.54, 1.807) is 24.3 Å². The number of nitriles is 1. The minimum atomic E-state index is -3.71. The molecule has 0 fully saturated rings. The van der Waals surface area contributed by atoms with E-state index >= 15 is 0 Å². The number of carbonyl (C=O) groups is 1. The summed E-state index contributed by atoms with van der Waals surface area (Å²) >= 11 is 0. The summed E-state index contributed by atoms with van der Waals surface area (Å²) in [5.74, 6) is 0.421. The van der Waals surface area contributed by atoms with Crippen LogP contribution in [0.1, 0.15) is 11.1 Å². The lowest BCUT2D eigenvalue weighted by Gasteiger charge is -2.11. The molecule has 142 valence electrons. The Morgan fingerprint density at radius 3 is 2.48 bits per heavy atom. The fourth-order valence-electron chi connectivity index (χ4n) is 2.24. The Labute approximate surface area is 157 Å². The molecular weight excluding hydrogens is 370 g/mol. The number of primary sulfonamides is 1. The number of amides is 1. The molecular formula is C18H19N3O5S. The Morgan fingerprint density at radius 2 is 1.89 bits per heavy atom. The zero-order valence-corrected chi connectivity index (χ0v) is 15.5. The Kier molecular flexibility index (Phi) is 6.76. The molecule has 0 atom stereocenters. The molecule has 0 aliphatic carbocycles. The second kappa shape index (κ2) is 9.02. The maximum Gasteiger partial charge on any atom is 0.257 e. The van der Waals surface area contributed by atoms with Crippen molar-refractivity contribution >= 4 is 15.9 Å². The van der Waals surface area contributed by atoms with Crippen molar-refractivity contribution in [1.82, 2.24) is 5.32 Å². The third-order valence-electron chi connectivity index (χ3n) is 3.64. The average Bonchev–Trinajstić information content (AvgIpc) is 2.66. The third-order valence-corrected chi connectivity index (χ3v) is 4.57. The van der Waals surface area contributed by atoms with Gasteiger partial charge in [-0.05, 0) is 36.2 Å². The maximum atomic E-state index is 11.9. The van der Waals surface area contributed by atoms with Gasteiger partial charge in [-0.3, -0.25) is 4.79 Å². The number of sulfonamides is 1. The molecule has 2 aromatic carbocycles. The fraction of sp³-hybridized carbons (Fsp3) is 0.222. The summed E-state index contributed by atoms with van der Waals surface area (Å²) in [6.45, 7) is 0.161. The molecule has 0 saturated heterocycles. The standard InChI is InChI=1S/C18H19N3O5S/c1-25-17-10-14(11-19)4-7-16(17)26-12-18(22)21-9-8-13-2-5-15(6-3-13)27(20,23)24/h2-7,10H,8-9,12H2,1H3,(H,21,22)(H2,20,23,24). The number of methoxy groups -OCH3 is 1. The van der Waals surface area contributed by atoms with Gasteiger partial charge in [-0.1, -0.05) is 12.1 Å². The Morgan fingerprint density at radius 1 is 1.19 bits per heavy atom. The van der Waals surface area contributed by atoms with Crippen molar-refractivity contribution in [2.45, 2.75) is 11.3 Å². The van der Waals surface area contributed by atoms with Crippen LogP contribution in [0, 0.1) is 11.3 Å². The molecule has 9 heteroatoms. The predicted octanol–water partition coefficient (Wildman–Crippen LogP) is 0.952. The van der Waals surface area contributed by atoms with Gasteiger partial charge < -0.3 is 14.8 Å². The molecule has 0 spiro atoms. The lowest BCUT2D eigenvalue weighted by atomic mass is 10.1. The van der Waals surface area contributed by atoms with Crippen molar-refractivity contribution in [2.24, 2.45) is 5.14 Å². The second-order valence-corrected chi connectivity index (χ2v) is 7.12. The summed E-state index contributed by atoms with van der Waals surface area (Å²) in [4.78, 5) is 11.9. The number of nitrogens with zero attached hydrogens (tertiary/aromatic N) is 1. The molecule has 0 radical (unpaired) electrons. The molecule has 27 heavy (non-hydrogen) atoms.